The summed E-state index contributed by atoms with van der Waals surface area (Å²) in [5.41, 5.74) is 3.19. The second kappa shape index (κ2) is 7.48. The smallest absolute Gasteiger partial charge is 0.247 e. The molecule has 4 rings (SSSR count). The number of nitrogens with zero attached hydrogens (tertiary/aromatic N) is 3. The SMILES string of the molecule is CC(C)N(Cc1nnc(-c2ccccc2)o1)S(=O)(=O)c1ccc2c(c1)CCC2. The lowest BCUT2D eigenvalue weighted by molar-refractivity contribution is 0.313. The predicted octanol–water partition coefficient (Wildman–Crippen LogP) is 3.82. The van der Waals surface area contributed by atoms with Gasteiger partial charge in [-0.2, -0.15) is 4.31 Å². The maximum Gasteiger partial charge on any atom is 0.247 e. The van der Waals surface area contributed by atoms with E-state index in [-0.39, 0.29) is 18.5 Å². The van der Waals surface area contributed by atoms with Gasteiger partial charge >= 0.3 is 0 Å². The Balaban J connectivity index is 1.62. The molecule has 0 saturated heterocycles. The lowest BCUT2D eigenvalue weighted by Crippen LogP contribution is -2.36. The van der Waals surface area contributed by atoms with Crippen molar-refractivity contribution in [2.75, 3.05) is 0 Å². The molecule has 0 bridgehead atoms. The summed E-state index contributed by atoms with van der Waals surface area (Å²) in [5, 5.41) is 8.12. The van der Waals surface area contributed by atoms with Crippen molar-refractivity contribution in [3.8, 4) is 11.5 Å². The molecular weight excluding hydrogens is 374 g/mol. The van der Waals surface area contributed by atoms with Gasteiger partial charge in [0.15, 0.2) is 0 Å². The first-order chi connectivity index (χ1) is 13.4. The fourth-order valence-electron chi connectivity index (χ4n) is 3.54. The molecule has 3 aromatic rings. The Hall–Kier alpha value is -2.51. The molecule has 2 aromatic carbocycles. The molecule has 1 heterocycles. The van der Waals surface area contributed by atoms with Crippen LogP contribution >= 0.6 is 0 Å². The van der Waals surface area contributed by atoms with Crippen molar-refractivity contribution in [3.05, 3.63) is 65.5 Å². The molecule has 0 amide bonds. The fourth-order valence-corrected chi connectivity index (χ4v) is 5.17. The van der Waals surface area contributed by atoms with Crippen molar-refractivity contribution in [2.45, 2.75) is 50.6 Å². The van der Waals surface area contributed by atoms with Gasteiger partial charge in [-0.05, 0) is 68.5 Å². The molecule has 0 radical (unpaired) electrons. The highest BCUT2D eigenvalue weighted by atomic mass is 32.2. The van der Waals surface area contributed by atoms with E-state index in [0.717, 1.165) is 30.4 Å². The van der Waals surface area contributed by atoms with E-state index in [1.165, 1.54) is 9.87 Å². The Labute approximate surface area is 165 Å². The van der Waals surface area contributed by atoms with Gasteiger partial charge in [-0.25, -0.2) is 8.42 Å². The van der Waals surface area contributed by atoms with Gasteiger partial charge < -0.3 is 4.42 Å². The van der Waals surface area contributed by atoms with Crippen LogP contribution in [0.25, 0.3) is 11.5 Å². The topological polar surface area (TPSA) is 76.3 Å². The van der Waals surface area contributed by atoms with Crippen LogP contribution in [0.15, 0.2) is 57.8 Å². The van der Waals surface area contributed by atoms with Gasteiger partial charge in [-0.1, -0.05) is 24.3 Å². The van der Waals surface area contributed by atoms with Crippen LogP contribution in [-0.4, -0.2) is 29.0 Å². The van der Waals surface area contributed by atoms with Gasteiger partial charge in [0.05, 0.1) is 11.4 Å². The minimum absolute atomic E-state index is 0.0386. The van der Waals surface area contributed by atoms with Crippen molar-refractivity contribution in [2.24, 2.45) is 0 Å². The molecule has 28 heavy (non-hydrogen) atoms. The number of hydrogen-bond donors (Lipinski definition) is 0. The van der Waals surface area contributed by atoms with Crippen molar-refractivity contribution in [1.29, 1.82) is 0 Å². The van der Waals surface area contributed by atoms with Crippen LogP contribution in [0.1, 0.15) is 37.3 Å². The molecule has 1 aliphatic carbocycles. The van der Waals surface area contributed by atoms with Crippen molar-refractivity contribution < 1.29 is 12.8 Å². The first-order valence-corrected chi connectivity index (χ1v) is 10.9. The van der Waals surface area contributed by atoms with Crippen LogP contribution in [0.3, 0.4) is 0 Å². The Kier molecular flexibility index (Phi) is 5.03. The third-order valence-electron chi connectivity index (χ3n) is 5.03. The highest BCUT2D eigenvalue weighted by Crippen LogP contribution is 2.28. The molecule has 6 nitrogen and oxygen atoms in total. The molecule has 0 aliphatic heterocycles. The summed E-state index contributed by atoms with van der Waals surface area (Å²) in [6.07, 6.45) is 3.04. The number of sulfonamides is 1. The Morgan fingerprint density at radius 1 is 1.04 bits per heavy atom. The van der Waals surface area contributed by atoms with Crippen molar-refractivity contribution in [3.63, 3.8) is 0 Å². The van der Waals surface area contributed by atoms with Crippen LogP contribution in [0, 0.1) is 0 Å². The lowest BCUT2D eigenvalue weighted by atomic mass is 10.1. The summed E-state index contributed by atoms with van der Waals surface area (Å²) in [6.45, 7) is 3.73. The summed E-state index contributed by atoms with van der Waals surface area (Å²) >= 11 is 0. The predicted molar refractivity (Wildman–Crippen MR) is 106 cm³/mol. The normalized spacial score (nSPS) is 14.0. The highest BCUT2D eigenvalue weighted by Gasteiger charge is 2.30. The van der Waals surface area contributed by atoms with Gasteiger partial charge in [0.1, 0.15) is 0 Å². The molecule has 0 unspecified atom stereocenters. The minimum Gasteiger partial charge on any atom is -0.419 e. The van der Waals surface area contributed by atoms with Crippen molar-refractivity contribution >= 4 is 10.0 Å². The van der Waals surface area contributed by atoms with Gasteiger partial charge in [0.2, 0.25) is 21.8 Å². The van der Waals surface area contributed by atoms with E-state index in [1.807, 2.05) is 56.3 Å². The second-order valence-electron chi connectivity index (χ2n) is 7.30. The average molecular weight is 398 g/mol. The molecular formula is C21H23N3O3S. The maximum absolute atomic E-state index is 13.3. The number of aromatic nitrogens is 2. The molecule has 0 fully saturated rings. The van der Waals surface area contributed by atoms with Crippen LogP contribution < -0.4 is 0 Å². The third kappa shape index (κ3) is 3.59. The molecule has 146 valence electrons. The van der Waals surface area contributed by atoms with Gasteiger partial charge in [-0.3, -0.25) is 0 Å². The summed E-state index contributed by atoms with van der Waals surface area (Å²) in [6, 6.07) is 14.6. The minimum atomic E-state index is -3.67. The molecule has 1 aromatic heterocycles. The maximum atomic E-state index is 13.3. The number of fused-ring (bicyclic) bond motifs is 1. The summed E-state index contributed by atoms with van der Waals surface area (Å²) in [7, 11) is -3.67. The Morgan fingerprint density at radius 3 is 2.54 bits per heavy atom. The third-order valence-corrected chi connectivity index (χ3v) is 7.05. The van der Waals surface area contributed by atoms with E-state index in [4.69, 9.17) is 4.42 Å². The van der Waals surface area contributed by atoms with Gasteiger partial charge in [0, 0.05) is 11.6 Å². The van der Waals surface area contributed by atoms with Crippen LogP contribution in [0.4, 0.5) is 0 Å². The quantitative estimate of drug-likeness (QED) is 0.632. The van der Waals surface area contributed by atoms with Gasteiger partial charge in [0.25, 0.3) is 0 Å². The molecule has 0 atom stereocenters. The summed E-state index contributed by atoms with van der Waals surface area (Å²) in [5.74, 6) is 0.659. The van der Waals surface area contributed by atoms with Gasteiger partial charge in [-0.15, -0.1) is 10.2 Å². The van der Waals surface area contributed by atoms with E-state index >= 15 is 0 Å². The van der Waals surface area contributed by atoms with Crippen LogP contribution in [0.2, 0.25) is 0 Å². The van der Waals surface area contributed by atoms with Crippen LogP contribution in [0.5, 0.6) is 0 Å². The number of rotatable bonds is 6. The summed E-state index contributed by atoms with van der Waals surface area (Å²) in [4.78, 5) is 0.324. The van der Waals surface area contributed by atoms with E-state index < -0.39 is 10.0 Å². The Bertz CT molecular complexity index is 1080. The zero-order valence-corrected chi connectivity index (χ0v) is 16.8. The van der Waals surface area contributed by atoms with E-state index in [2.05, 4.69) is 10.2 Å². The molecule has 7 heteroatoms. The lowest BCUT2D eigenvalue weighted by Gasteiger charge is -2.24. The molecule has 1 aliphatic rings. The van der Waals surface area contributed by atoms with E-state index in [9.17, 15) is 8.42 Å². The number of benzene rings is 2. The monoisotopic (exact) mass is 397 g/mol. The van der Waals surface area contributed by atoms with Crippen molar-refractivity contribution in [1.82, 2.24) is 14.5 Å². The Morgan fingerprint density at radius 2 is 1.79 bits per heavy atom. The highest BCUT2D eigenvalue weighted by molar-refractivity contribution is 7.89. The average Bonchev–Trinajstić information content (AvgIpc) is 3.35. The number of hydrogen-bond acceptors (Lipinski definition) is 5. The first kappa shape index (κ1) is 18.8. The number of aryl methyl sites for hydroxylation is 2. The van der Waals surface area contributed by atoms with Crippen LogP contribution in [-0.2, 0) is 29.4 Å². The zero-order valence-electron chi connectivity index (χ0n) is 16.0. The first-order valence-electron chi connectivity index (χ1n) is 9.46. The second-order valence-corrected chi connectivity index (χ2v) is 9.19. The molecule has 0 N–H and O–H groups in total. The fraction of sp³-hybridized carbons (Fsp3) is 0.333. The largest absolute Gasteiger partial charge is 0.419 e. The standard InChI is InChI=1S/C21H23N3O3S/c1-15(2)24(14-20-22-23-21(27-20)17-7-4-3-5-8-17)28(25,26)19-12-11-16-9-6-10-18(16)13-19/h3-5,7-8,11-13,15H,6,9-10,14H2,1-2H3. The van der Waals surface area contributed by atoms with E-state index in [1.54, 1.807) is 6.07 Å². The molecule has 0 saturated carbocycles. The summed E-state index contributed by atoms with van der Waals surface area (Å²) < 4.78 is 33.7. The molecule has 0 spiro atoms. The zero-order chi connectivity index (χ0) is 19.7. The van der Waals surface area contributed by atoms with E-state index in [0.29, 0.717) is 10.8 Å².